The van der Waals surface area contributed by atoms with E-state index < -0.39 is 57.5 Å². The van der Waals surface area contributed by atoms with Crippen molar-refractivity contribution in [1.29, 1.82) is 0 Å². The first-order chi connectivity index (χ1) is 12.8. The van der Waals surface area contributed by atoms with Gasteiger partial charge in [-0.1, -0.05) is 0 Å². The van der Waals surface area contributed by atoms with Gasteiger partial charge in [0.1, 0.15) is 0 Å². The number of carbonyl (C=O) groups excluding carboxylic acids is 1. The zero-order valence-corrected chi connectivity index (χ0v) is 16.8. The van der Waals surface area contributed by atoms with E-state index >= 15 is 0 Å². The molecule has 0 aromatic heterocycles. The minimum absolute atomic E-state index is 0.0120. The van der Waals surface area contributed by atoms with Crippen molar-refractivity contribution in [3.8, 4) is 0 Å². The van der Waals surface area contributed by atoms with Crippen molar-refractivity contribution in [2.45, 2.75) is 6.92 Å². The number of hydrogen-bond donors (Lipinski definition) is 1. The molecule has 0 aromatic rings. The summed E-state index contributed by atoms with van der Waals surface area (Å²) in [4.78, 5) is 10.2. The third-order valence-electron chi connectivity index (χ3n) is 4.24. The summed E-state index contributed by atoms with van der Waals surface area (Å²) >= 11 is 0. The first-order valence-corrected chi connectivity index (χ1v) is 8.84. The largest absolute Gasteiger partial charge is 0.383 e. The highest BCUT2D eigenvalue weighted by atomic mass is 16.5. The smallest absolute Gasteiger partial charge is 0.216 e. The molecule has 28 heavy (non-hydrogen) atoms. The molecule has 22 radical (unpaired) electrons. The van der Waals surface area contributed by atoms with E-state index in [0.717, 1.165) is 0 Å². The van der Waals surface area contributed by atoms with E-state index in [9.17, 15) is 4.79 Å². The van der Waals surface area contributed by atoms with Crippen LogP contribution in [0.1, 0.15) is 6.92 Å². The van der Waals surface area contributed by atoms with Gasteiger partial charge in [0, 0.05) is 163 Å². The third-order valence-corrected chi connectivity index (χ3v) is 4.24. The Balaban J connectivity index is 0. The SMILES string of the molecule is COCCNC(C)=O.[B]B([B])B([B])B(B(B([B])[B])B([B])[B])B(B([B])[B])B([B])[B]. The number of methoxy groups -OCH3 is 1. The summed E-state index contributed by atoms with van der Waals surface area (Å²) in [6, 6.07) is 0. The van der Waals surface area contributed by atoms with Crippen LogP contribution < -0.4 is 5.32 Å². The van der Waals surface area contributed by atoms with Crippen LogP contribution in [0.15, 0.2) is 0 Å². The van der Waals surface area contributed by atoms with Crippen LogP contribution in [0, 0.1) is 0 Å². The monoisotopic (exact) mass is 337 g/mol. The summed E-state index contributed by atoms with van der Waals surface area (Å²) in [6.07, 6.45) is -7.15. The zero-order chi connectivity index (χ0) is 22.6. The van der Waals surface area contributed by atoms with Crippen LogP contribution in [0.25, 0.3) is 0 Å². The average molecular weight is 333 g/mol. The molecule has 108 valence electrons. The van der Waals surface area contributed by atoms with Gasteiger partial charge in [0.2, 0.25) is 5.91 Å². The van der Waals surface area contributed by atoms with E-state index in [1.807, 2.05) is 0 Å². The second-order valence-corrected chi connectivity index (χ2v) is 6.67. The Morgan fingerprint density at radius 2 is 1.07 bits per heavy atom. The highest BCUT2D eigenvalue weighted by Crippen LogP contribution is 2.06. The highest BCUT2D eigenvalue weighted by Gasteiger charge is 2.44. The van der Waals surface area contributed by atoms with Gasteiger partial charge in [-0.2, -0.15) is 0 Å². The molecule has 1 N–H and O–H groups in total. The zero-order valence-electron chi connectivity index (χ0n) is 16.8. The van der Waals surface area contributed by atoms with Crippen LogP contribution >= 0.6 is 0 Å². The number of nitrogens with one attached hydrogen (secondary N) is 1. The van der Waals surface area contributed by atoms with E-state index in [2.05, 4.69) is 10.1 Å². The molecule has 0 atom stereocenters. The normalized spacial score (nSPS) is 9.07. The molecular weight excluding hydrogens is 322 g/mol. The molecule has 0 aliphatic heterocycles. The summed E-state index contributed by atoms with van der Waals surface area (Å²) in [5.74, 6) is -0.0120. The van der Waals surface area contributed by atoms with Gasteiger partial charge >= 0.3 is 0 Å². The van der Waals surface area contributed by atoms with Gasteiger partial charge in [0.15, 0.2) is 0 Å². The molecule has 0 aromatic carbocycles. The van der Waals surface area contributed by atoms with E-state index in [0.29, 0.717) is 13.2 Å². The van der Waals surface area contributed by atoms with Crippen LogP contribution in [-0.2, 0) is 9.53 Å². The van der Waals surface area contributed by atoms with Crippen LogP contribution in [-0.4, -0.2) is 169 Å². The van der Waals surface area contributed by atoms with Crippen molar-refractivity contribution < 1.29 is 9.53 Å². The molecule has 0 heterocycles. The number of rotatable bonds is 11. The lowest BCUT2D eigenvalue weighted by Crippen LogP contribution is -2.80. The molecule has 0 saturated heterocycles. The lowest BCUT2D eigenvalue weighted by Gasteiger charge is -2.42. The Morgan fingerprint density at radius 3 is 1.29 bits per heavy atom. The molecule has 1 amide bonds. The van der Waals surface area contributed by atoms with Crippen molar-refractivity contribution in [3.63, 3.8) is 0 Å². The van der Waals surface area contributed by atoms with Gasteiger partial charge in [-0.3, -0.25) is 4.79 Å². The van der Waals surface area contributed by atoms with E-state index in [4.69, 9.17) is 85.1 Å². The minimum atomic E-state index is -0.889. The van der Waals surface area contributed by atoms with Crippen molar-refractivity contribution in [2.75, 3.05) is 20.3 Å². The average Bonchev–Trinajstić information content (AvgIpc) is 2.52. The fraction of sp³-hybridized carbons (Fsp3) is 0.800. The Hall–Kier alpha value is 0.729. The quantitative estimate of drug-likeness (QED) is 0.301. The van der Waals surface area contributed by atoms with E-state index in [1.54, 1.807) is 7.11 Å². The number of hydrogen-bond acceptors (Lipinski definition) is 2. The summed E-state index contributed by atoms with van der Waals surface area (Å²) in [5.41, 5.74) is 0. The van der Waals surface area contributed by atoms with Crippen molar-refractivity contribution in [2.24, 2.45) is 0 Å². The van der Waals surface area contributed by atoms with Crippen LogP contribution in [0.4, 0.5) is 0 Å². The number of amides is 1. The second kappa shape index (κ2) is 16.4. The maximum absolute atomic E-state index is 10.2. The molecule has 0 spiro atoms. The van der Waals surface area contributed by atoms with Gasteiger partial charge < -0.3 is 10.1 Å². The first kappa shape index (κ1) is 30.9. The summed E-state index contributed by atoms with van der Waals surface area (Å²) in [5, 5.41) is 2.58. The molecule has 0 aliphatic rings. The van der Waals surface area contributed by atoms with Gasteiger partial charge in [-0.25, -0.2) is 0 Å². The third kappa shape index (κ3) is 12.4. The molecule has 3 nitrogen and oxygen atoms in total. The molecule has 0 bridgehead atoms. The van der Waals surface area contributed by atoms with Crippen molar-refractivity contribution in [1.82, 2.24) is 5.32 Å². The van der Waals surface area contributed by atoms with E-state index in [1.165, 1.54) is 6.92 Å². The predicted molar refractivity (Wildman–Crippen MR) is 146 cm³/mol. The summed E-state index contributed by atoms with van der Waals surface area (Å²) < 4.78 is 4.68. The van der Waals surface area contributed by atoms with Gasteiger partial charge in [-0.05, 0) is 0 Å². The predicted octanol–water partition coefficient (Wildman–Crippen LogP) is -7.85. The van der Waals surface area contributed by atoms with Crippen LogP contribution in [0.5, 0.6) is 0 Å². The Morgan fingerprint density at radius 1 is 0.714 bits per heavy atom. The maximum atomic E-state index is 10.2. The lowest BCUT2D eigenvalue weighted by molar-refractivity contribution is -0.119. The Kier molecular flexibility index (Phi) is 18.1. The van der Waals surface area contributed by atoms with Crippen LogP contribution in [0.3, 0.4) is 0 Å². The van der Waals surface area contributed by atoms with Gasteiger partial charge in [0.25, 0.3) is 0 Å². The van der Waals surface area contributed by atoms with Crippen molar-refractivity contribution in [3.05, 3.63) is 0 Å². The summed E-state index contributed by atoms with van der Waals surface area (Å²) in [6.45, 7) is 2.67. The minimum Gasteiger partial charge on any atom is -0.383 e. The first-order valence-electron chi connectivity index (χ1n) is 8.84. The summed E-state index contributed by atoms with van der Waals surface area (Å²) in [7, 11) is 64.8. The Bertz CT molecular complexity index is 370. The van der Waals surface area contributed by atoms with Gasteiger partial charge in [-0.15, -0.1) is 0 Å². The fourth-order valence-electron chi connectivity index (χ4n) is 2.90. The van der Waals surface area contributed by atoms with E-state index in [-0.39, 0.29) is 5.91 Å². The molecule has 0 aliphatic carbocycles. The van der Waals surface area contributed by atoms with Crippen molar-refractivity contribution >= 4 is 148 Å². The number of ether oxygens (including phenoxy) is 1. The van der Waals surface area contributed by atoms with Crippen LogP contribution in [0.2, 0.25) is 0 Å². The molecule has 0 saturated carbocycles. The lowest BCUT2D eigenvalue weighted by atomic mass is 8.39. The molecule has 0 rings (SSSR count). The van der Waals surface area contributed by atoms with Gasteiger partial charge in [0.05, 0.1) is 6.61 Å². The molecule has 0 fully saturated rings. The molecule has 0 unspecified atom stereocenters. The topological polar surface area (TPSA) is 38.3 Å². The Labute approximate surface area is 190 Å². The fourth-order valence-corrected chi connectivity index (χ4v) is 2.90. The standard InChI is InChI=1S/C5H11NO2.B20/c1-5(7)6-3-4-8-2;1-12(2)17(11)20(18(13(3)4)14(5)6)19(15(7)8)16(9)10/h3-4H2,1-2H3,(H,6,7);. The maximum Gasteiger partial charge on any atom is 0.216 e. The molecule has 23 heteroatoms. The second-order valence-electron chi connectivity index (χ2n) is 6.67. The number of carbonyl (C=O) groups is 1. The highest BCUT2D eigenvalue weighted by molar-refractivity contribution is 8.19. The molecular formula is C5H11B20NO2.